The molecule has 0 aromatic carbocycles. The fourth-order valence-corrected chi connectivity index (χ4v) is 4.12. The maximum absolute atomic E-state index is 12.2. The van der Waals surface area contributed by atoms with E-state index in [4.69, 9.17) is 0 Å². The van der Waals surface area contributed by atoms with Gasteiger partial charge >= 0.3 is 0 Å². The van der Waals surface area contributed by atoms with Crippen molar-refractivity contribution in [2.24, 2.45) is 0 Å². The van der Waals surface area contributed by atoms with Crippen LogP contribution in [0.4, 0.5) is 0 Å². The Kier molecular flexibility index (Phi) is 2.32. The molecule has 86 valence electrons. The van der Waals surface area contributed by atoms with Crippen molar-refractivity contribution in [3.05, 3.63) is 20.9 Å². The van der Waals surface area contributed by atoms with E-state index in [9.17, 15) is 4.79 Å². The average molecular weight is 235 g/mol. The highest BCUT2D eigenvalue weighted by molar-refractivity contribution is 7.14. The van der Waals surface area contributed by atoms with E-state index in [0.717, 1.165) is 11.4 Å². The summed E-state index contributed by atoms with van der Waals surface area (Å²) in [5, 5.41) is 0. The molecule has 0 spiro atoms. The van der Waals surface area contributed by atoms with Crippen LogP contribution in [-0.4, -0.2) is 16.8 Å². The second kappa shape index (κ2) is 3.59. The lowest BCUT2D eigenvalue weighted by Crippen LogP contribution is -2.31. The Labute approximate surface area is 100 Å². The monoisotopic (exact) mass is 235 g/mol. The summed E-state index contributed by atoms with van der Waals surface area (Å²) >= 11 is 1.76. The standard InChI is InChI=1S/C13H17NOS/c1-8(2)14-7-10-9-5-3-4-6-11(9)16-12(10)13(14)15/h8H,3-7H2,1-2H3. The Balaban J connectivity index is 2.02. The minimum absolute atomic E-state index is 0.268. The first kappa shape index (κ1) is 10.3. The van der Waals surface area contributed by atoms with Gasteiger partial charge in [-0.15, -0.1) is 11.3 Å². The first-order valence-corrected chi connectivity index (χ1v) is 6.94. The number of nitrogens with zero attached hydrogens (tertiary/aromatic N) is 1. The molecule has 0 radical (unpaired) electrons. The molecule has 0 N–H and O–H groups in total. The van der Waals surface area contributed by atoms with E-state index in [1.54, 1.807) is 11.3 Å². The third-order valence-corrected chi connectivity index (χ3v) is 5.01. The van der Waals surface area contributed by atoms with Gasteiger partial charge in [-0.1, -0.05) is 0 Å². The fourth-order valence-electron chi connectivity index (χ4n) is 2.76. The molecule has 0 unspecified atom stereocenters. The van der Waals surface area contributed by atoms with E-state index >= 15 is 0 Å². The molecule has 0 saturated carbocycles. The van der Waals surface area contributed by atoms with Crippen LogP contribution in [0, 0.1) is 0 Å². The number of amides is 1. The van der Waals surface area contributed by atoms with Gasteiger partial charge in [-0.2, -0.15) is 0 Å². The maximum atomic E-state index is 12.2. The molecular formula is C13H17NOS. The van der Waals surface area contributed by atoms with Gasteiger partial charge in [0.2, 0.25) is 0 Å². The molecule has 3 heteroatoms. The van der Waals surface area contributed by atoms with Crippen molar-refractivity contribution < 1.29 is 4.79 Å². The number of thiophene rings is 1. The predicted molar refractivity (Wildman–Crippen MR) is 66.0 cm³/mol. The van der Waals surface area contributed by atoms with E-state index < -0.39 is 0 Å². The van der Waals surface area contributed by atoms with E-state index in [0.29, 0.717) is 6.04 Å². The van der Waals surface area contributed by atoms with Crippen molar-refractivity contribution in [1.82, 2.24) is 4.90 Å². The highest BCUT2D eigenvalue weighted by atomic mass is 32.1. The van der Waals surface area contributed by atoms with Gasteiger partial charge in [0.15, 0.2) is 0 Å². The van der Waals surface area contributed by atoms with E-state index in [1.165, 1.54) is 41.7 Å². The molecule has 3 rings (SSSR count). The van der Waals surface area contributed by atoms with Gasteiger partial charge < -0.3 is 4.90 Å². The Morgan fingerprint density at radius 2 is 1.94 bits per heavy atom. The molecule has 1 aromatic rings. The lowest BCUT2D eigenvalue weighted by atomic mass is 9.95. The summed E-state index contributed by atoms with van der Waals surface area (Å²) in [7, 11) is 0. The van der Waals surface area contributed by atoms with Crippen LogP contribution in [0.15, 0.2) is 0 Å². The summed E-state index contributed by atoms with van der Waals surface area (Å²) in [6.45, 7) is 5.06. The molecule has 0 saturated heterocycles. The van der Waals surface area contributed by atoms with Crippen molar-refractivity contribution in [2.45, 2.75) is 52.1 Å². The Bertz CT molecular complexity index is 447. The third-order valence-electron chi connectivity index (χ3n) is 3.69. The van der Waals surface area contributed by atoms with E-state index in [-0.39, 0.29) is 5.91 Å². The molecular weight excluding hydrogens is 218 g/mol. The SMILES string of the molecule is CC(C)N1Cc2c(sc3c2CCCC3)C1=O. The van der Waals surface area contributed by atoms with Gasteiger partial charge in [0.05, 0.1) is 4.88 Å². The first-order chi connectivity index (χ1) is 7.68. The number of carbonyl (C=O) groups excluding carboxylic acids is 1. The molecule has 1 amide bonds. The molecule has 16 heavy (non-hydrogen) atoms. The van der Waals surface area contributed by atoms with Crippen LogP contribution in [0.2, 0.25) is 0 Å². The topological polar surface area (TPSA) is 20.3 Å². The zero-order valence-corrected chi connectivity index (χ0v) is 10.7. The number of hydrogen-bond donors (Lipinski definition) is 0. The lowest BCUT2D eigenvalue weighted by molar-refractivity contribution is 0.0733. The van der Waals surface area contributed by atoms with Crippen molar-refractivity contribution in [3.8, 4) is 0 Å². The summed E-state index contributed by atoms with van der Waals surface area (Å²) in [4.78, 5) is 16.7. The minimum Gasteiger partial charge on any atom is -0.331 e. The Hall–Kier alpha value is -0.830. The summed E-state index contributed by atoms with van der Waals surface area (Å²) in [6.07, 6.45) is 4.99. The van der Waals surface area contributed by atoms with Gasteiger partial charge in [0.25, 0.3) is 5.91 Å². The second-order valence-corrected chi connectivity index (χ2v) is 6.15. The van der Waals surface area contributed by atoms with Gasteiger partial charge in [-0.25, -0.2) is 0 Å². The van der Waals surface area contributed by atoms with Gasteiger partial charge in [-0.05, 0) is 50.7 Å². The molecule has 1 aromatic heterocycles. The van der Waals surface area contributed by atoms with Crippen LogP contribution in [0.1, 0.15) is 52.4 Å². The molecule has 2 nitrogen and oxygen atoms in total. The van der Waals surface area contributed by atoms with E-state index in [2.05, 4.69) is 13.8 Å². The number of fused-ring (bicyclic) bond motifs is 3. The summed E-state index contributed by atoms with van der Waals surface area (Å²) in [5.74, 6) is 0.268. The quantitative estimate of drug-likeness (QED) is 0.733. The molecule has 0 fully saturated rings. The molecule has 1 aliphatic heterocycles. The maximum Gasteiger partial charge on any atom is 0.264 e. The van der Waals surface area contributed by atoms with Gasteiger partial charge in [0, 0.05) is 17.5 Å². The van der Waals surface area contributed by atoms with Gasteiger partial charge in [0.1, 0.15) is 0 Å². The predicted octanol–water partition coefficient (Wildman–Crippen LogP) is 2.99. The summed E-state index contributed by atoms with van der Waals surface area (Å²) in [5.41, 5.74) is 2.88. The highest BCUT2D eigenvalue weighted by Crippen LogP contribution is 2.39. The van der Waals surface area contributed by atoms with Crippen molar-refractivity contribution >= 4 is 17.2 Å². The molecule has 0 bridgehead atoms. The molecule has 2 aliphatic rings. The van der Waals surface area contributed by atoms with Crippen LogP contribution >= 0.6 is 11.3 Å². The first-order valence-electron chi connectivity index (χ1n) is 6.13. The van der Waals surface area contributed by atoms with Gasteiger partial charge in [-0.3, -0.25) is 4.79 Å². The summed E-state index contributed by atoms with van der Waals surface area (Å²) < 4.78 is 0. The van der Waals surface area contributed by atoms with Crippen LogP contribution in [-0.2, 0) is 19.4 Å². The number of rotatable bonds is 1. The smallest absolute Gasteiger partial charge is 0.264 e. The zero-order chi connectivity index (χ0) is 11.3. The van der Waals surface area contributed by atoms with Crippen LogP contribution < -0.4 is 0 Å². The molecule has 1 aliphatic carbocycles. The average Bonchev–Trinajstić information content (AvgIpc) is 2.76. The summed E-state index contributed by atoms with van der Waals surface area (Å²) in [6, 6.07) is 0.325. The van der Waals surface area contributed by atoms with Crippen LogP contribution in [0.25, 0.3) is 0 Å². The lowest BCUT2D eigenvalue weighted by Gasteiger charge is -2.21. The van der Waals surface area contributed by atoms with Crippen molar-refractivity contribution in [3.63, 3.8) is 0 Å². The third kappa shape index (κ3) is 1.34. The minimum atomic E-state index is 0.268. The van der Waals surface area contributed by atoms with E-state index in [1.807, 2.05) is 4.90 Å². The second-order valence-electron chi connectivity index (χ2n) is 5.05. The zero-order valence-electron chi connectivity index (χ0n) is 9.88. The number of aryl methyl sites for hydroxylation is 1. The Morgan fingerprint density at radius 1 is 1.19 bits per heavy atom. The normalized spacial score (nSPS) is 19.2. The van der Waals surface area contributed by atoms with Crippen molar-refractivity contribution in [1.29, 1.82) is 0 Å². The molecule has 0 atom stereocenters. The Morgan fingerprint density at radius 3 is 2.69 bits per heavy atom. The van der Waals surface area contributed by atoms with Crippen LogP contribution in [0.3, 0.4) is 0 Å². The molecule has 2 heterocycles. The number of hydrogen-bond acceptors (Lipinski definition) is 2. The van der Waals surface area contributed by atoms with Crippen LogP contribution in [0.5, 0.6) is 0 Å². The fraction of sp³-hybridized carbons (Fsp3) is 0.615. The number of carbonyl (C=O) groups is 1. The highest BCUT2D eigenvalue weighted by Gasteiger charge is 2.35. The van der Waals surface area contributed by atoms with Crippen molar-refractivity contribution in [2.75, 3.05) is 0 Å². The largest absolute Gasteiger partial charge is 0.331 e.